The highest BCUT2D eigenvalue weighted by Gasteiger charge is 2.13. The van der Waals surface area contributed by atoms with Crippen LogP contribution in [0.4, 0.5) is 5.69 Å². The van der Waals surface area contributed by atoms with Gasteiger partial charge in [-0.3, -0.25) is 19.0 Å². The van der Waals surface area contributed by atoms with Gasteiger partial charge in [0, 0.05) is 24.2 Å². The summed E-state index contributed by atoms with van der Waals surface area (Å²) in [4.78, 5) is 41.9. The predicted octanol–water partition coefficient (Wildman–Crippen LogP) is 4.91. The number of ketones is 1. The van der Waals surface area contributed by atoms with E-state index in [-0.39, 0.29) is 23.0 Å². The standard InChI is InChI=1S/C24H27N3O3S/c1-3-5-6-11-22(29)25-18-14-12-17(13-15-18)21(28)16-31-24-26-20-10-8-7-9-19(20)23(30)27(24)4-2/h7-10,12-15H,3-6,11,16H2,1-2H3,(H,25,29). The smallest absolute Gasteiger partial charge is 0.262 e. The first-order valence-electron chi connectivity index (χ1n) is 10.6. The zero-order valence-electron chi connectivity index (χ0n) is 17.9. The van der Waals surface area contributed by atoms with Crippen molar-refractivity contribution in [3.05, 3.63) is 64.4 Å². The molecule has 0 fully saturated rings. The number of anilines is 1. The molecule has 31 heavy (non-hydrogen) atoms. The molecule has 0 aliphatic carbocycles. The summed E-state index contributed by atoms with van der Waals surface area (Å²) in [6.07, 6.45) is 3.49. The van der Waals surface area contributed by atoms with Crippen LogP contribution >= 0.6 is 11.8 Å². The van der Waals surface area contributed by atoms with Crippen LogP contribution in [0.15, 0.2) is 58.5 Å². The van der Waals surface area contributed by atoms with E-state index in [0.717, 1.165) is 19.3 Å². The van der Waals surface area contributed by atoms with Crippen molar-refractivity contribution in [2.24, 2.45) is 0 Å². The van der Waals surface area contributed by atoms with E-state index in [2.05, 4.69) is 17.2 Å². The van der Waals surface area contributed by atoms with Gasteiger partial charge in [-0.15, -0.1) is 0 Å². The normalized spacial score (nSPS) is 10.9. The van der Waals surface area contributed by atoms with Gasteiger partial charge >= 0.3 is 0 Å². The monoisotopic (exact) mass is 437 g/mol. The topological polar surface area (TPSA) is 81.1 Å². The number of carbonyl (C=O) groups excluding carboxylic acids is 2. The number of para-hydroxylation sites is 1. The summed E-state index contributed by atoms with van der Waals surface area (Å²) in [6, 6.07) is 14.1. The second kappa shape index (κ2) is 10.9. The summed E-state index contributed by atoms with van der Waals surface area (Å²) in [7, 11) is 0. The van der Waals surface area contributed by atoms with Crippen molar-refractivity contribution in [1.82, 2.24) is 9.55 Å². The second-order valence-electron chi connectivity index (χ2n) is 7.26. The van der Waals surface area contributed by atoms with Crippen LogP contribution in [0.1, 0.15) is 49.9 Å². The third kappa shape index (κ3) is 5.82. The summed E-state index contributed by atoms with van der Waals surface area (Å²) in [5, 5.41) is 3.97. The van der Waals surface area contributed by atoms with E-state index in [1.165, 1.54) is 11.8 Å². The molecule has 0 saturated carbocycles. The lowest BCUT2D eigenvalue weighted by molar-refractivity contribution is -0.116. The van der Waals surface area contributed by atoms with E-state index >= 15 is 0 Å². The molecule has 1 aromatic heterocycles. The van der Waals surface area contributed by atoms with Crippen LogP contribution in [-0.4, -0.2) is 27.0 Å². The Bertz CT molecular complexity index is 1120. The molecule has 3 aromatic rings. The molecule has 1 N–H and O–H groups in total. The summed E-state index contributed by atoms with van der Waals surface area (Å²) in [5.74, 6) is 0.104. The molecule has 0 aliphatic rings. The summed E-state index contributed by atoms with van der Waals surface area (Å²) >= 11 is 1.26. The molecule has 1 amide bonds. The number of rotatable bonds is 10. The Labute approximate surface area is 186 Å². The molecule has 0 unspecified atom stereocenters. The molecule has 2 aromatic carbocycles. The Morgan fingerprint density at radius 2 is 1.77 bits per heavy atom. The van der Waals surface area contributed by atoms with Crippen molar-refractivity contribution in [2.75, 3.05) is 11.1 Å². The molecule has 162 valence electrons. The van der Waals surface area contributed by atoms with Gasteiger partial charge in [-0.25, -0.2) is 4.98 Å². The Morgan fingerprint density at radius 3 is 2.48 bits per heavy atom. The average Bonchev–Trinajstić information content (AvgIpc) is 2.78. The number of unbranched alkanes of at least 4 members (excludes halogenated alkanes) is 2. The summed E-state index contributed by atoms with van der Waals surface area (Å²) in [5.41, 5.74) is 1.78. The molecule has 1 heterocycles. The number of aromatic nitrogens is 2. The second-order valence-corrected chi connectivity index (χ2v) is 8.20. The number of carbonyl (C=O) groups is 2. The summed E-state index contributed by atoms with van der Waals surface area (Å²) < 4.78 is 1.59. The number of nitrogens with zero attached hydrogens (tertiary/aromatic N) is 2. The molecule has 3 rings (SSSR count). The van der Waals surface area contributed by atoms with Crippen molar-refractivity contribution in [3.63, 3.8) is 0 Å². The molecule has 0 bridgehead atoms. The minimum Gasteiger partial charge on any atom is -0.326 e. The first kappa shape index (κ1) is 22.7. The number of fused-ring (bicyclic) bond motifs is 1. The van der Waals surface area contributed by atoms with Gasteiger partial charge in [-0.05, 0) is 49.7 Å². The zero-order chi connectivity index (χ0) is 22.2. The maximum atomic E-state index is 12.7. The molecule has 6 nitrogen and oxygen atoms in total. The first-order valence-corrected chi connectivity index (χ1v) is 11.6. The SMILES string of the molecule is CCCCCC(=O)Nc1ccc(C(=O)CSc2nc3ccccc3c(=O)n2CC)cc1. The lowest BCUT2D eigenvalue weighted by Crippen LogP contribution is -2.22. The molecular weight excluding hydrogens is 410 g/mol. The van der Waals surface area contributed by atoms with Crippen LogP contribution in [0.3, 0.4) is 0 Å². The molecule has 0 spiro atoms. The lowest BCUT2D eigenvalue weighted by atomic mass is 10.1. The van der Waals surface area contributed by atoms with Gasteiger partial charge in [0.2, 0.25) is 5.91 Å². The van der Waals surface area contributed by atoms with Gasteiger partial charge in [0.25, 0.3) is 5.56 Å². The lowest BCUT2D eigenvalue weighted by Gasteiger charge is -2.11. The number of thioether (sulfide) groups is 1. The number of amides is 1. The van der Waals surface area contributed by atoms with E-state index in [1.54, 1.807) is 41.0 Å². The first-order chi connectivity index (χ1) is 15.0. The van der Waals surface area contributed by atoms with Crippen molar-refractivity contribution >= 4 is 40.0 Å². The van der Waals surface area contributed by atoms with E-state index < -0.39 is 0 Å². The average molecular weight is 438 g/mol. The Balaban J connectivity index is 1.65. The van der Waals surface area contributed by atoms with E-state index in [1.807, 2.05) is 19.1 Å². The molecule has 0 aliphatic heterocycles. The summed E-state index contributed by atoms with van der Waals surface area (Å²) in [6.45, 7) is 4.47. The molecule has 0 saturated heterocycles. The van der Waals surface area contributed by atoms with E-state index in [0.29, 0.717) is 40.3 Å². The molecule has 7 heteroatoms. The molecular formula is C24H27N3O3S. The largest absolute Gasteiger partial charge is 0.326 e. The van der Waals surface area contributed by atoms with Crippen LogP contribution in [0.5, 0.6) is 0 Å². The maximum Gasteiger partial charge on any atom is 0.262 e. The van der Waals surface area contributed by atoms with Crippen molar-refractivity contribution < 1.29 is 9.59 Å². The maximum absolute atomic E-state index is 12.7. The Morgan fingerprint density at radius 1 is 1.03 bits per heavy atom. The van der Waals surface area contributed by atoms with Crippen LogP contribution in [0, 0.1) is 0 Å². The van der Waals surface area contributed by atoms with Gasteiger partial charge in [-0.1, -0.05) is 43.7 Å². The Hall–Kier alpha value is -2.93. The predicted molar refractivity (Wildman–Crippen MR) is 126 cm³/mol. The van der Waals surface area contributed by atoms with Crippen LogP contribution in [0.25, 0.3) is 10.9 Å². The fraction of sp³-hybridized carbons (Fsp3) is 0.333. The minimum absolute atomic E-state index is 0.0111. The fourth-order valence-electron chi connectivity index (χ4n) is 3.25. The Kier molecular flexibility index (Phi) is 8.00. The minimum atomic E-state index is -0.0953. The number of nitrogens with one attached hydrogen (secondary N) is 1. The van der Waals surface area contributed by atoms with Gasteiger partial charge < -0.3 is 5.32 Å². The highest BCUT2D eigenvalue weighted by molar-refractivity contribution is 7.99. The van der Waals surface area contributed by atoms with Crippen LogP contribution in [-0.2, 0) is 11.3 Å². The van der Waals surface area contributed by atoms with Crippen molar-refractivity contribution in [3.8, 4) is 0 Å². The quantitative estimate of drug-likeness (QED) is 0.211. The highest BCUT2D eigenvalue weighted by Crippen LogP contribution is 2.20. The third-order valence-electron chi connectivity index (χ3n) is 4.97. The number of benzene rings is 2. The van der Waals surface area contributed by atoms with Crippen molar-refractivity contribution in [2.45, 2.75) is 51.2 Å². The van der Waals surface area contributed by atoms with Gasteiger partial charge in [-0.2, -0.15) is 0 Å². The molecule has 0 radical (unpaired) electrons. The molecule has 0 atom stereocenters. The van der Waals surface area contributed by atoms with Gasteiger partial charge in [0.1, 0.15) is 0 Å². The number of hydrogen-bond acceptors (Lipinski definition) is 5. The van der Waals surface area contributed by atoms with E-state index in [4.69, 9.17) is 0 Å². The van der Waals surface area contributed by atoms with Crippen LogP contribution in [0.2, 0.25) is 0 Å². The number of hydrogen-bond donors (Lipinski definition) is 1. The van der Waals surface area contributed by atoms with Crippen LogP contribution < -0.4 is 10.9 Å². The van der Waals surface area contributed by atoms with E-state index in [9.17, 15) is 14.4 Å². The van der Waals surface area contributed by atoms with Gasteiger partial charge in [0.15, 0.2) is 10.9 Å². The fourth-order valence-corrected chi connectivity index (χ4v) is 4.21. The van der Waals surface area contributed by atoms with Crippen molar-refractivity contribution in [1.29, 1.82) is 0 Å². The number of Topliss-reactive ketones (excluding diaryl/α,β-unsaturated/α-hetero) is 1. The third-order valence-corrected chi connectivity index (χ3v) is 5.95. The van der Waals surface area contributed by atoms with Gasteiger partial charge in [0.05, 0.1) is 16.7 Å². The highest BCUT2D eigenvalue weighted by atomic mass is 32.2. The zero-order valence-corrected chi connectivity index (χ0v) is 18.7.